The summed E-state index contributed by atoms with van der Waals surface area (Å²) in [5.41, 5.74) is 1.30. The lowest BCUT2D eigenvalue weighted by Crippen LogP contribution is -2.18. The fourth-order valence-electron chi connectivity index (χ4n) is 1.25. The van der Waals surface area contributed by atoms with Crippen molar-refractivity contribution in [2.75, 3.05) is 13.7 Å². The summed E-state index contributed by atoms with van der Waals surface area (Å²) >= 11 is 0. The van der Waals surface area contributed by atoms with E-state index < -0.39 is 0 Å². The van der Waals surface area contributed by atoms with Crippen molar-refractivity contribution in [1.29, 1.82) is 0 Å². The van der Waals surface area contributed by atoms with Crippen LogP contribution in [0.5, 0.6) is 5.75 Å². The normalized spacial score (nSPS) is 9.87. The maximum atomic E-state index is 5.09. The Hall–Kier alpha value is -0.730. The van der Waals surface area contributed by atoms with Crippen LogP contribution in [0, 0.1) is 5.92 Å². The van der Waals surface area contributed by atoms with E-state index in [9.17, 15) is 0 Å². The van der Waals surface area contributed by atoms with Gasteiger partial charge in [-0.25, -0.2) is 0 Å². The molecule has 0 aliphatic rings. The van der Waals surface area contributed by atoms with Crippen LogP contribution in [-0.2, 0) is 6.54 Å². The van der Waals surface area contributed by atoms with E-state index in [1.54, 1.807) is 7.11 Å². The molecule has 0 amide bonds. The summed E-state index contributed by atoms with van der Waals surface area (Å²) in [5, 5.41) is 3.40. The van der Waals surface area contributed by atoms with E-state index in [-0.39, 0.29) is 12.4 Å². The van der Waals surface area contributed by atoms with Gasteiger partial charge in [-0.05, 0) is 30.2 Å². The minimum Gasteiger partial charge on any atom is -0.497 e. The van der Waals surface area contributed by atoms with Crippen molar-refractivity contribution in [3.05, 3.63) is 29.8 Å². The number of rotatable bonds is 5. The maximum Gasteiger partial charge on any atom is 0.118 e. The number of hydrogen-bond donors (Lipinski definition) is 1. The molecule has 0 aliphatic carbocycles. The summed E-state index contributed by atoms with van der Waals surface area (Å²) in [7, 11) is 1.69. The lowest BCUT2D eigenvalue weighted by atomic mass is 10.2. The van der Waals surface area contributed by atoms with Gasteiger partial charge in [0.15, 0.2) is 0 Å². The molecule has 1 rings (SSSR count). The molecular formula is C12H20ClNO. The van der Waals surface area contributed by atoms with Crippen LogP contribution in [0.15, 0.2) is 24.3 Å². The van der Waals surface area contributed by atoms with Crippen LogP contribution in [0.1, 0.15) is 19.4 Å². The highest BCUT2D eigenvalue weighted by atomic mass is 35.5. The molecule has 2 nitrogen and oxygen atoms in total. The first-order chi connectivity index (χ1) is 6.72. The second-order valence-electron chi connectivity index (χ2n) is 3.87. The highest BCUT2D eigenvalue weighted by molar-refractivity contribution is 5.85. The topological polar surface area (TPSA) is 21.3 Å². The zero-order valence-electron chi connectivity index (χ0n) is 9.62. The monoisotopic (exact) mass is 229 g/mol. The summed E-state index contributed by atoms with van der Waals surface area (Å²) in [6.07, 6.45) is 0. The van der Waals surface area contributed by atoms with Crippen LogP contribution in [-0.4, -0.2) is 13.7 Å². The van der Waals surface area contributed by atoms with Gasteiger partial charge in [-0.1, -0.05) is 26.0 Å². The van der Waals surface area contributed by atoms with Crippen LogP contribution in [0.25, 0.3) is 0 Å². The van der Waals surface area contributed by atoms with Crippen molar-refractivity contribution in [2.45, 2.75) is 20.4 Å². The molecule has 0 unspecified atom stereocenters. The second-order valence-corrected chi connectivity index (χ2v) is 3.87. The van der Waals surface area contributed by atoms with Crippen LogP contribution in [0.3, 0.4) is 0 Å². The fraction of sp³-hybridized carbons (Fsp3) is 0.500. The molecule has 15 heavy (non-hydrogen) atoms. The molecule has 0 fully saturated rings. The quantitative estimate of drug-likeness (QED) is 0.839. The van der Waals surface area contributed by atoms with E-state index in [4.69, 9.17) is 4.74 Å². The van der Waals surface area contributed by atoms with Crippen molar-refractivity contribution in [1.82, 2.24) is 5.32 Å². The van der Waals surface area contributed by atoms with Crippen molar-refractivity contribution in [3.63, 3.8) is 0 Å². The first-order valence-electron chi connectivity index (χ1n) is 5.06. The Balaban J connectivity index is 0.00000196. The average Bonchev–Trinajstić information content (AvgIpc) is 2.18. The van der Waals surface area contributed by atoms with Gasteiger partial charge < -0.3 is 10.1 Å². The standard InChI is InChI=1S/C12H19NO.ClH/c1-10(2)8-13-9-11-4-6-12(14-3)7-5-11;/h4-7,10,13H,8-9H2,1-3H3;1H. The Labute approximate surface area is 98.4 Å². The summed E-state index contributed by atoms with van der Waals surface area (Å²) in [4.78, 5) is 0. The third kappa shape index (κ3) is 5.65. The Morgan fingerprint density at radius 2 is 1.80 bits per heavy atom. The van der Waals surface area contributed by atoms with Crippen molar-refractivity contribution >= 4 is 12.4 Å². The second kappa shape index (κ2) is 7.55. The zero-order chi connectivity index (χ0) is 10.4. The van der Waals surface area contributed by atoms with E-state index >= 15 is 0 Å². The van der Waals surface area contributed by atoms with Gasteiger partial charge >= 0.3 is 0 Å². The first-order valence-corrected chi connectivity index (χ1v) is 5.06. The lowest BCUT2D eigenvalue weighted by Gasteiger charge is -2.07. The van der Waals surface area contributed by atoms with Crippen LogP contribution < -0.4 is 10.1 Å². The third-order valence-corrected chi connectivity index (χ3v) is 2.04. The Morgan fingerprint density at radius 1 is 1.20 bits per heavy atom. The zero-order valence-corrected chi connectivity index (χ0v) is 10.4. The number of halogens is 1. The lowest BCUT2D eigenvalue weighted by molar-refractivity contribution is 0.414. The molecule has 0 radical (unpaired) electrons. The summed E-state index contributed by atoms with van der Waals surface area (Å²) in [6, 6.07) is 8.16. The van der Waals surface area contributed by atoms with Crippen molar-refractivity contribution in [3.8, 4) is 5.75 Å². The predicted molar refractivity (Wildman–Crippen MR) is 66.8 cm³/mol. The molecule has 1 aromatic rings. The molecule has 0 heterocycles. The third-order valence-electron chi connectivity index (χ3n) is 2.04. The van der Waals surface area contributed by atoms with Gasteiger partial charge in [0.25, 0.3) is 0 Å². The molecule has 0 aromatic heterocycles. The summed E-state index contributed by atoms with van der Waals surface area (Å²) < 4.78 is 5.09. The highest BCUT2D eigenvalue weighted by Gasteiger charge is 1.95. The van der Waals surface area contributed by atoms with Crippen LogP contribution >= 0.6 is 12.4 Å². The van der Waals surface area contributed by atoms with Gasteiger partial charge in [0.2, 0.25) is 0 Å². The smallest absolute Gasteiger partial charge is 0.118 e. The van der Waals surface area contributed by atoms with Crippen molar-refractivity contribution in [2.24, 2.45) is 5.92 Å². The minimum atomic E-state index is 0. The van der Waals surface area contributed by atoms with E-state index in [0.29, 0.717) is 5.92 Å². The number of ether oxygens (including phenoxy) is 1. The fourth-order valence-corrected chi connectivity index (χ4v) is 1.25. The van der Waals surface area contributed by atoms with E-state index in [2.05, 4.69) is 31.3 Å². The molecular weight excluding hydrogens is 210 g/mol. The summed E-state index contributed by atoms with van der Waals surface area (Å²) in [6.45, 7) is 6.41. The molecule has 86 valence electrons. The number of methoxy groups -OCH3 is 1. The molecule has 0 bridgehead atoms. The van der Waals surface area contributed by atoms with E-state index in [1.807, 2.05) is 12.1 Å². The highest BCUT2D eigenvalue weighted by Crippen LogP contribution is 2.10. The number of nitrogens with one attached hydrogen (secondary N) is 1. The van der Waals surface area contributed by atoms with E-state index in [1.165, 1.54) is 5.56 Å². The molecule has 0 saturated heterocycles. The molecule has 0 aliphatic heterocycles. The molecule has 0 saturated carbocycles. The predicted octanol–water partition coefficient (Wildman–Crippen LogP) is 2.86. The van der Waals surface area contributed by atoms with Gasteiger partial charge in [0.1, 0.15) is 5.75 Å². The van der Waals surface area contributed by atoms with Gasteiger partial charge in [-0.2, -0.15) is 0 Å². The van der Waals surface area contributed by atoms with Crippen molar-refractivity contribution < 1.29 is 4.74 Å². The summed E-state index contributed by atoms with van der Waals surface area (Å²) in [5.74, 6) is 1.62. The number of hydrogen-bond acceptors (Lipinski definition) is 2. The Morgan fingerprint density at radius 3 is 2.27 bits per heavy atom. The Bertz CT molecular complexity index is 259. The minimum absolute atomic E-state index is 0. The first kappa shape index (κ1) is 14.3. The molecule has 3 heteroatoms. The van der Waals surface area contributed by atoms with Gasteiger partial charge in [-0.3, -0.25) is 0 Å². The maximum absolute atomic E-state index is 5.09. The number of benzene rings is 1. The van der Waals surface area contributed by atoms with Gasteiger partial charge in [-0.15, -0.1) is 12.4 Å². The van der Waals surface area contributed by atoms with E-state index in [0.717, 1.165) is 18.8 Å². The molecule has 0 atom stereocenters. The Kier molecular flexibility index (Phi) is 7.18. The average molecular weight is 230 g/mol. The van der Waals surface area contributed by atoms with Crippen LogP contribution in [0.2, 0.25) is 0 Å². The largest absolute Gasteiger partial charge is 0.497 e. The molecule has 1 N–H and O–H groups in total. The SMILES string of the molecule is COc1ccc(CNCC(C)C)cc1.Cl. The molecule has 1 aromatic carbocycles. The molecule has 0 spiro atoms. The van der Waals surface area contributed by atoms with Gasteiger partial charge in [0.05, 0.1) is 7.11 Å². The van der Waals surface area contributed by atoms with Gasteiger partial charge in [0, 0.05) is 6.54 Å². The van der Waals surface area contributed by atoms with Crippen LogP contribution in [0.4, 0.5) is 0 Å².